The van der Waals surface area contributed by atoms with Gasteiger partial charge in [-0.1, -0.05) is 65.4 Å². The summed E-state index contributed by atoms with van der Waals surface area (Å²) in [7, 11) is 0. The molecule has 8 heteroatoms. The highest BCUT2D eigenvalue weighted by Gasteiger charge is 2.15. The van der Waals surface area contributed by atoms with Crippen molar-refractivity contribution in [2.24, 2.45) is 0 Å². The quantitative estimate of drug-likeness (QED) is 0.310. The second-order valence-electron chi connectivity index (χ2n) is 7.45. The molecular formula is C25H20ClNO5S. The van der Waals surface area contributed by atoms with E-state index in [9.17, 15) is 19.8 Å². The molecule has 0 radical (unpaired) electrons. The highest BCUT2D eigenvalue weighted by Crippen LogP contribution is 2.36. The number of aromatic nitrogens is 1. The van der Waals surface area contributed by atoms with Gasteiger partial charge in [0.1, 0.15) is 29.2 Å². The van der Waals surface area contributed by atoms with Gasteiger partial charge in [-0.2, -0.15) is 0 Å². The Kier molecular flexibility index (Phi) is 6.65. The predicted octanol–water partition coefficient (Wildman–Crippen LogP) is 5.33. The van der Waals surface area contributed by atoms with Crippen LogP contribution in [0.25, 0.3) is 11.3 Å². The van der Waals surface area contributed by atoms with Gasteiger partial charge in [0.05, 0.1) is 11.3 Å². The second kappa shape index (κ2) is 9.62. The molecule has 33 heavy (non-hydrogen) atoms. The Labute approximate surface area is 198 Å². The summed E-state index contributed by atoms with van der Waals surface area (Å²) < 4.78 is 5.70. The number of phenolic OH excluding ortho intramolecular Hbond substituents is 1. The van der Waals surface area contributed by atoms with Crippen molar-refractivity contribution in [3.63, 3.8) is 0 Å². The molecule has 0 aliphatic carbocycles. The number of ketones is 1. The summed E-state index contributed by atoms with van der Waals surface area (Å²) in [6.45, 7) is 1.54. The fourth-order valence-corrected chi connectivity index (χ4v) is 4.20. The van der Waals surface area contributed by atoms with Crippen LogP contribution in [0.2, 0.25) is 5.02 Å². The number of rotatable bonds is 7. The average Bonchev–Trinajstić information content (AvgIpc) is 3.26. The highest BCUT2D eigenvalue weighted by molar-refractivity contribution is 7.07. The lowest BCUT2D eigenvalue weighted by atomic mass is 9.98. The fraction of sp³-hybridized carbons (Fsp3) is 0.120. The van der Waals surface area contributed by atoms with Crippen molar-refractivity contribution in [2.45, 2.75) is 19.6 Å². The molecule has 6 nitrogen and oxygen atoms in total. The van der Waals surface area contributed by atoms with E-state index in [1.54, 1.807) is 23.6 Å². The van der Waals surface area contributed by atoms with Crippen molar-refractivity contribution in [2.75, 3.05) is 0 Å². The predicted molar refractivity (Wildman–Crippen MR) is 128 cm³/mol. The Morgan fingerprint density at radius 1 is 1.12 bits per heavy atom. The van der Waals surface area contributed by atoms with Gasteiger partial charge in [-0.05, 0) is 47.4 Å². The van der Waals surface area contributed by atoms with Crippen LogP contribution in [-0.2, 0) is 6.61 Å². The summed E-state index contributed by atoms with van der Waals surface area (Å²) in [6, 6.07) is 17.7. The smallest absolute Gasteiger partial charge is 0.304 e. The summed E-state index contributed by atoms with van der Waals surface area (Å²) in [6.07, 6.45) is -0.837. The molecule has 1 heterocycles. The summed E-state index contributed by atoms with van der Waals surface area (Å²) >= 11 is 7.22. The number of aliphatic hydroxyl groups is 1. The standard InChI is InChI=1S/C25H20ClNO5S/c1-14(28)19-9-10-21(22(26)24(19)30)32-12-15-5-7-16(8-6-15)23(29)18-4-2-3-17(11-18)20-13-33-25(31)27-20/h2-11,13,23,29-30H,12H2,1H3,(H,27,31). The lowest BCUT2D eigenvalue weighted by molar-refractivity contribution is 0.101. The van der Waals surface area contributed by atoms with Crippen LogP contribution in [0.1, 0.15) is 40.1 Å². The van der Waals surface area contributed by atoms with Crippen molar-refractivity contribution in [1.82, 2.24) is 4.98 Å². The molecule has 0 fully saturated rings. The first-order valence-electron chi connectivity index (χ1n) is 10.0. The number of aromatic hydroxyl groups is 1. The topological polar surface area (TPSA) is 99.6 Å². The zero-order chi connectivity index (χ0) is 23.5. The van der Waals surface area contributed by atoms with Gasteiger partial charge in [0, 0.05) is 5.38 Å². The van der Waals surface area contributed by atoms with Crippen LogP contribution in [0.5, 0.6) is 11.5 Å². The number of aromatic amines is 1. The molecule has 1 atom stereocenters. The molecule has 0 aliphatic rings. The molecule has 4 rings (SSSR count). The molecule has 0 saturated carbocycles. The minimum absolute atomic E-state index is 0.0124. The van der Waals surface area contributed by atoms with E-state index in [2.05, 4.69) is 4.98 Å². The van der Waals surface area contributed by atoms with Crippen LogP contribution in [-0.4, -0.2) is 21.0 Å². The molecule has 4 aromatic rings. The van der Waals surface area contributed by atoms with E-state index in [-0.39, 0.29) is 39.3 Å². The van der Waals surface area contributed by atoms with E-state index in [1.165, 1.54) is 13.0 Å². The van der Waals surface area contributed by atoms with E-state index in [4.69, 9.17) is 16.3 Å². The minimum Gasteiger partial charge on any atom is -0.505 e. The highest BCUT2D eigenvalue weighted by atomic mass is 35.5. The fourth-order valence-electron chi connectivity index (χ4n) is 3.39. The normalized spacial score (nSPS) is 11.8. The molecule has 0 aliphatic heterocycles. The number of halogens is 1. The number of H-pyrrole nitrogens is 1. The molecule has 168 valence electrons. The van der Waals surface area contributed by atoms with Gasteiger partial charge in [-0.25, -0.2) is 0 Å². The number of hydrogen-bond acceptors (Lipinski definition) is 6. The Hall–Kier alpha value is -3.39. The maximum Gasteiger partial charge on any atom is 0.304 e. The number of Topliss-reactive ketones (excluding diaryl/α,β-unsaturated/α-hetero) is 1. The third kappa shape index (κ3) is 5.01. The van der Waals surface area contributed by atoms with E-state index < -0.39 is 6.10 Å². The van der Waals surface area contributed by atoms with Crippen LogP contribution in [0.15, 0.2) is 70.8 Å². The first-order valence-corrected chi connectivity index (χ1v) is 11.3. The molecule has 0 bridgehead atoms. The van der Waals surface area contributed by atoms with Gasteiger partial charge in [0.2, 0.25) is 0 Å². The van der Waals surface area contributed by atoms with Crippen molar-refractivity contribution in [3.8, 4) is 22.8 Å². The number of thiazole rings is 1. The number of hydrogen-bond donors (Lipinski definition) is 3. The molecule has 3 N–H and O–H groups in total. The van der Waals surface area contributed by atoms with Crippen molar-refractivity contribution >= 4 is 28.7 Å². The van der Waals surface area contributed by atoms with E-state index >= 15 is 0 Å². The Bertz CT molecular complexity index is 1360. The van der Waals surface area contributed by atoms with Gasteiger partial charge in [0.15, 0.2) is 5.78 Å². The van der Waals surface area contributed by atoms with Crippen LogP contribution >= 0.6 is 22.9 Å². The zero-order valence-electron chi connectivity index (χ0n) is 17.5. The minimum atomic E-state index is -0.837. The zero-order valence-corrected chi connectivity index (χ0v) is 19.1. The number of carbonyl (C=O) groups excluding carboxylic acids is 1. The number of aliphatic hydroxyl groups excluding tert-OH is 1. The lowest BCUT2D eigenvalue weighted by Gasteiger charge is -2.14. The Balaban J connectivity index is 1.46. The van der Waals surface area contributed by atoms with Crippen molar-refractivity contribution < 1.29 is 19.7 Å². The monoisotopic (exact) mass is 481 g/mol. The first kappa shape index (κ1) is 22.8. The van der Waals surface area contributed by atoms with Gasteiger partial charge < -0.3 is 19.9 Å². The maximum atomic E-state index is 11.5. The van der Waals surface area contributed by atoms with E-state index in [0.29, 0.717) is 16.8 Å². The molecule has 0 spiro atoms. The summed E-state index contributed by atoms with van der Waals surface area (Å²) in [4.78, 5) is 25.6. The van der Waals surface area contributed by atoms with Gasteiger partial charge >= 0.3 is 4.87 Å². The Morgan fingerprint density at radius 3 is 2.55 bits per heavy atom. The van der Waals surface area contributed by atoms with Gasteiger partial charge in [-0.15, -0.1) is 0 Å². The Morgan fingerprint density at radius 2 is 1.88 bits per heavy atom. The lowest BCUT2D eigenvalue weighted by Crippen LogP contribution is -2.02. The number of phenols is 1. The SMILES string of the molecule is CC(=O)c1ccc(OCc2ccc(C(O)c3cccc(-c4csc(=O)[nH]4)c3)cc2)c(Cl)c1O. The summed E-state index contributed by atoms with van der Waals surface area (Å²) in [5, 5.41) is 22.6. The largest absolute Gasteiger partial charge is 0.505 e. The molecule has 1 unspecified atom stereocenters. The molecule has 3 aromatic carbocycles. The third-order valence-corrected chi connectivity index (χ3v) is 6.22. The number of carbonyl (C=O) groups is 1. The summed E-state index contributed by atoms with van der Waals surface area (Å²) in [5.74, 6) is -0.315. The second-order valence-corrected chi connectivity index (χ2v) is 8.67. The van der Waals surface area contributed by atoms with Gasteiger partial charge in [-0.3, -0.25) is 9.59 Å². The molecule has 0 amide bonds. The van der Waals surface area contributed by atoms with Crippen LogP contribution in [0.4, 0.5) is 0 Å². The average molecular weight is 482 g/mol. The van der Waals surface area contributed by atoms with Crippen molar-refractivity contribution in [3.05, 3.63) is 103 Å². The van der Waals surface area contributed by atoms with Crippen LogP contribution in [0, 0.1) is 0 Å². The molecular weight excluding hydrogens is 462 g/mol. The summed E-state index contributed by atoms with van der Waals surface area (Å²) in [5.41, 5.74) is 3.92. The van der Waals surface area contributed by atoms with Crippen molar-refractivity contribution in [1.29, 1.82) is 0 Å². The number of benzene rings is 3. The molecule has 0 saturated heterocycles. The maximum absolute atomic E-state index is 11.5. The third-order valence-electron chi connectivity index (χ3n) is 5.18. The van der Waals surface area contributed by atoms with E-state index in [1.807, 2.05) is 36.4 Å². The van der Waals surface area contributed by atoms with E-state index in [0.717, 1.165) is 22.5 Å². The van der Waals surface area contributed by atoms with Crippen LogP contribution < -0.4 is 9.61 Å². The number of ether oxygens (including phenoxy) is 1. The van der Waals surface area contributed by atoms with Crippen LogP contribution in [0.3, 0.4) is 0 Å². The molecule has 1 aromatic heterocycles. The first-order chi connectivity index (χ1) is 15.8. The van der Waals surface area contributed by atoms with Gasteiger partial charge in [0.25, 0.3) is 0 Å². The number of nitrogens with one attached hydrogen (secondary N) is 1.